The number of rotatable bonds is 5. The lowest BCUT2D eigenvalue weighted by atomic mass is 9.99. The smallest absolute Gasteiger partial charge is 0.142 e. The third-order valence-corrected chi connectivity index (χ3v) is 3.77. The van der Waals surface area contributed by atoms with E-state index < -0.39 is 0 Å². The van der Waals surface area contributed by atoms with Crippen molar-refractivity contribution >= 4 is 11.6 Å². The highest BCUT2D eigenvalue weighted by Gasteiger charge is 2.14. The predicted molar refractivity (Wildman–Crippen MR) is 81.6 cm³/mol. The number of halogens is 2. The molecular formula is C16H20ClFN2. The Bertz CT molecular complexity index is 578. The van der Waals surface area contributed by atoms with Crippen molar-refractivity contribution in [3.63, 3.8) is 0 Å². The maximum Gasteiger partial charge on any atom is 0.142 e. The zero-order valence-corrected chi connectivity index (χ0v) is 12.8. The van der Waals surface area contributed by atoms with Gasteiger partial charge in [-0.15, -0.1) is 0 Å². The van der Waals surface area contributed by atoms with E-state index in [9.17, 15) is 4.39 Å². The minimum absolute atomic E-state index is 0.164. The van der Waals surface area contributed by atoms with Gasteiger partial charge in [0.25, 0.3) is 0 Å². The van der Waals surface area contributed by atoms with Gasteiger partial charge in [-0.3, -0.25) is 0 Å². The first kappa shape index (κ1) is 15.1. The van der Waals surface area contributed by atoms with Crippen LogP contribution in [0.5, 0.6) is 0 Å². The van der Waals surface area contributed by atoms with Crippen LogP contribution in [-0.2, 0) is 6.54 Å². The van der Waals surface area contributed by atoms with Crippen LogP contribution in [0.1, 0.15) is 31.0 Å². The van der Waals surface area contributed by atoms with Gasteiger partial charge in [0.2, 0.25) is 0 Å². The number of nitrogens with zero attached hydrogens (tertiary/aromatic N) is 1. The van der Waals surface area contributed by atoms with Gasteiger partial charge in [-0.25, -0.2) is 4.39 Å². The maximum absolute atomic E-state index is 13.4. The molecule has 1 aromatic heterocycles. The fourth-order valence-corrected chi connectivity index (χ4v) is 2.59. The number of aromatic nitrogens is 1. The summed E-state index contributed by atoms with van der Waals surface area (Å²) >= 11 is 5.69. The fourth-order valence-electron chi connectivity index (χ4n) is 2.48. The summed E-state index contributed by atoms with van der Waals surface area (Å²) in [6.45, 7) is 5.02. The molecule has 108 valence electrons. The average Bonchev–Trinajstić information content (AvgIpc) is 2.82. The van der Waals surface area contributed by atoms with Gasteiger partial charge in [0.05, 0.1) is 5.02 Å². The molecule has 0 radical (unpaired) electrons. The summed E-state index contributed by atoms with van der Waals surface area (Å²) in [4.78, 5) is 0. The molecular weight excluding hydrogens is 275 g/mol. The SMILES string of the molecule is CNC(c1ccn(Cc2ccc(Cl)c(F)c2)c1)C(C)C. The van der Waals surface area contributed by atoms with E-state index in [4.69, 9.17) is 11.6 Å². The van der Waals surface area contributed by atoms with Gasteiger partial charge >= 0.3 is 0 Å². The Morgan fingerprint density at radius 2 is 2.05 bits per heavy atom. The van der Waals surface area contributed by atoms with E-state index in [2.05, 4.69) is 36.0 Å². The molecule has 2 rings (SSSR count). The molecule has 0 spiro atoms. The molecule has 0 saturated carbocycles. The standard InChI is InChI=1S/C16H20ClFN2/c1-11(2)16(19-3)13-6-7-20(10-13)9-12-4-5-14(17)15(18)8-12/h4-8,10-11,16,19H,9H2,1-3H3. The average molecular weight is 295 g/mol. The molecule has 0 aliphatic carbocycles. The first-order valence-corrected chi connectivity index (χ1v) is 7.16. The highest BCUT2D eigenvalue weighted by atomic mass is 35.5. The molecule has 0 aliphatic heterocycles. The van der Waals surface area contributed by atoms with E-state index in [1.807, 2.05) is 19.3 Å². The number of nitrogens with one attached hydrogen (secondary N) is 1. The molecule has 0 saturated heterocycles. The lowest BCUT2D eigenvalue weighted by Crippen LogP contribution is -2.21. The van der Waals surface area contributed by atoms with Crippen LogP contribution < -0.4 is 5.32 Å². The minimum atomic E-state index is -0.369. The number of hydrogen-bond acceptors (Lipinski definition) is 1. The summed E-state index contributed by atoms with van der Waals surface area (Å²) in [6.07, 6.45) is 4.13. The highest BCUT2D eigenvalue weighted by Crippen LogP contribution is 2.22. The quantitative estimate of drug-likeness (QED) is 0.872. The minimum Gasteiger partial charge on any atom is -0.350 e. The lowest BCUT2D eigenvalue weighted by Gasteiger charge is -2.18. The number of hydrogen-bond donors (Lipinski definition) is 1. The van der Waals surface area contributed by atoms with Crippen molar-refractivity contribution in [1.29, 1.82) is 0 Å². The Balaban J connectivity index is 2.14. The van der Waals surface area contributed by atoms with Crippen molar-refractivity contribution in [2.45, 2.75) is 26.4 Å². The first-order chi connectivity index (χ1) is 9.51. The second-order valence-electron chi connectivity index (χ2n) is 5.38. The molecule has 4 heteroatoms. The van der Waals surface area contributed by atoms with E-state index >= 15 is 0 Å². The Morgan fingerprint density at radius 3 is 2.65 bits per heavy atom. The Morgan fingerprint density at radius 1 is 1.30 bits per heavy atom. The van der Waals surface area contributed by atoms with Crippen LogP contribution in [0.15, 0.2) is 36.7 Å². The first-order valence-electron chi connectivity index (χ1n) is 6.78. The van der Waals surface area contributed by atoms with Crippen LogP contribution in [0.2, 0.25) is 5.02 Å². The van der Waals surface area contributed by atoms with Crippen molar-refractivity contribution < 1.29 is 4.39 Å². The summed E-state index contributed by atoms with van der Waals surface area (Å²) in [6, 6.07) is 7.37. The molecule has 1 atom stereocenters. The van der Waals surface area contributed by atoms with E-state index in [0.29, 0.717) is 18.5 Å². The Labute approximate surface area is 124 Å². The van der Waals surface area contributed by atoms with Crippen LogP contribution in [-0.4, -0.2) is 11.6 Å². The van der Waals surface area contributed by atoms with Gasteiger partial charge in [0.1, 0.15) is 5.82 Å². The van der Waals surface area contributed by atoms with Gasteiger partial charge in [0, 0.05) is 25.0 Å². The molecule has 1 aromatic carbocycles. The molecule has 0 amide bonds. The third-order valence-electron chi connectivity index (χ3n) is 3.46. The molecule has 1 heterocycles. The zero-order chi connectivity index (χ0) is 14.7. The molecule has 20 heavy (non-hydrogen) atoms. The van der Waals surface area contributed by atoms with Gasteiger partial charge in [-0.2, -0.15) is 0 Å². The summed E-state index contributed by atoms with van der Waals surface area (Å²) < 4.78 is 15.5. The van der Waals surface area contributed by atoms with Gasteiger partial charge in [-0.05, 0) is 42.3 Å². The largest absolute Gasteiger partial charge is 0.350 e. The molecule has 0 bridgehead atoms. The van der Waals surface area contributed by atoms with Crippen LogP contribution in [0.3, 0.4) is 0 Å². The molecule has 0 aliphatic rings. The van der Waals surface area contributed by atoms with Crippen molar-refractivity contribution in [3.8, 4) is 0 Å². The second-order valence-corrected chi connectivity index (χ2v) is 5.78. The normalized spacial score (nSPS) is 12.9. The van der Waals surface area contributed by atoms with E-state index in [0.717, 1.165) is 5.56 Å². The lowest BCUT2D eigenvalue weighted by molar-refractivity contribution is 0.443. The van der Waals surface area contributed by atoms with Crippen molar-refractivity contribution in [2.24, 2.45) is 5.92 Å². The van der Waals surface area contributed by atoms with E-state index in [1.54, 1.807) is 6.07 Å². The molecule has 1 unspecified atom stereocenters. The van der Waals surface area contributed by atoms with Crippen LogP contribution in [0, 0.1) is 11.7 Å². The van der Waals surface area contributed by atoms with Crippen LogP contribution in [0.25, 0.3) is 0 Å². The molecule has 2 nitrogen and oxygen atoms in total. The van der Waals surface area contributed by atoms with Crippen LogP contribution >= 0.6 is 11.6 Å². The van der Waals surface area contributed by atoms with E-state index in [-0.39, 0.29) is 10.8 Å². The summed E-state index contributed by atoms with van der Waals surface area (Å²) in [5.74, 6) is 0.149. The molecule has 2 aromatic rings. The predicted octanol–water partition coefficient (Wildman–Crippen LogP) is 4.25. The van der Waals surface area contributed by atoms with Crippen molar-refractivity contribution in [1.82, 2.24) is 9.88 Å². The number of benzene rings is 1. The van der Waals surface area contributed by atoms with Gasteiger partial charge in [-0.1, -0.05) is 31.5 Å². The van der Waals surface area contributed by atoms with Crippen molar-refractivity contribution in [2.75, 3.05) is 7.05 Å². The molecule has 0 fully saturated rings. The molecule has 1 N–H and O–H groups in total. The summed E-state index contributed by atoms with van der Waals surface area (Å²) in [5, 5.41) is 3.48. The summed E-state index contributed by atoms with van der Waals surface area (Å²) in [7, 11) is 1.97. The fraction of sp³-hybridized carbons (Fsp3) is 0.375. The zero-order valence-electron chi connectivity index (χ0n) is 12.0. The maximum atomic E-state index is 13.4. The summed E-state index contributed by atoms with van der Waals surface area (Å²) in [5.41, 5.74) is 2.15. The van der Waals surface area contributed by atoms with Crippen molar-refractivity contribution in [3.05, 3.63) is 58.6 Å². The third kappa shape index (κ3) is 3.41. The Hall–Kier alpha value is -1.32. The monoisotopic (exact) mass is 294 g/mol. The Kier molecular flexibility index (Phi) is 4.84. The van der Waals surface area contributed by atoms with Crippen LogP contribution in [0.4, 0.5) is 4.39 Å². The van der Waals surface area contributed by atoms with E-state index in [1.165, 1.54) is 11.6 Å². The highest BCUT2D eigenvalue weighted by molar-refractivity contribution is 6.30. The van der Waals surface area contributed by atoms with Gasteiger partial charge < -0.3 is 9.88 Å². The topological polar surface area (TPSA) is 17.0 Å². The second kappa shape index (κ2) is 6.42. The van der Waals surface area contributed by atoms with Gasteiger partial charge in [0.15, 0.2) is 0 Å².